The molecular weight excluding hydrogens is 440 g/mol. The third-order valence-electron chi connectivity index (χ3n) is 5.84. The normalized spacial score (nSPS) is 15.3. The molecule has 8 heteroatoms. The molecule has 7 nitrogen and oxygen atoms in total. The summed E-state index contributed by atoms with van der Waals surface area (Å²) < 4.78 is 13.6. The van der Waals surface area contributed by atoms with Crippen LogP contribution >= 0.6 is 11.6 Å². The minimum Gasteiger partial charge on any atom is -0.437 e. The van der Waals surface area contributed by atoms with Crippen LogP contribution in [0.25, 0.3) is 16.6 Å². The molecule has 1 aliphatic rings. The second-order valence-electron chi connectivity index (χ2n) is 9.13. The molecule has 0 radical (unpaired) electrons. The largest absolute Gasteiger partial charge is 0.437 e. The average molecular weight is 459 g/mol. The molecule has 0 spiro atoms. The maximum Gasteiger partial charge on any atom is 0.344 e. The number of rotatable bonds is 1. The molecule has 3 aromatic heterocycles. The number of fused-ring (bicyclic) bond motifs is 6. The molecule has 1 unspecified atom stereocenters. The summed E-state index contributed by atoms with van der Waals surface area (Å²) >= 11 is 6.17. The summed E-state index contributed by atoms with van der Waals surface area (Å²) in [6, 6.07) is 14.7. The van der Waals surface area contributed by atoms with E-state index in [4.69, 9.17) is 25.7 Å². The van der Waals surface area contributed by atoms with Gasteiger partial charge in [-0.3, -0.25) is 0 Å². The number of para-hydroxylation sites is 1. The van der Waals surface area contributed by atoms with E-state index in [9.17, 15) is 4.79 Å². The molecule has 33 heavy (non-hydrogen) atoms. The van der Waals surface area contributed by atoms with Gasteiger partial charge in [0.05, 0.1) is 22.4 Å². The fourth-order valence-corrected chi connectivity index (χ4v) is 4.36. The van der Waals surface area contributed by atoms with Crippen molar-refractivity contribution in [2.45, 2.75) is 32.1 Å². The summed E-state index contributed by atoms with van der Waals surface area (Å²) in [6.07, 6.45) is 1.59. The Hall–Kier alpha value is -3.71. The minimum absolute atomic E-state index is 0.267. The maximum atomic E-state index is 13.3. The van der Waals surface area contributed by atoms with E-state index in [1.165, 1.54) is 0 Å². The number of benzene rings is 2. The quantitative estimate of drug-likeness (QED) is 0.304. The van der Waals surface area contributed by atoms with Crippen LogP contribution in [0.5, 0.6) is 11.6 Å². The summed E-state index contributed by atoms with van der Waals surface area (Å²) in [5.74, 6) is 0.985. The zero-order valence-electron chi connectivity index (χ0n) is 18.2. The number of halogens is 1. The molecule has 5 aromatic rings. The zero-order valence-corrected chi connectivity index (χ0v) is 18.9. The van der Waals surface area contributed by atoms with Gasteiger partial charge in [0, 0.05) is 10.4 Å². The molecule has 0 saturated heterocycles. The fraction of sp³-hybridized carbons (Fsp3) is 0.200. The molecule has 0 fully saturated rings. The molecule has 0 N–H and O–H groups in total. The van der Waals surface area contributed by atoms with Crippen molar-refractivity contribution >= 4 is 28.2 Å². The monoisotopic (exact) mass is 458 g/mol. The van der Waals surface area contributed by atoms with Crippen LogP contribution in [-0.2, 0) is 5.41 Å². The predicted molar refractivity (Wildman–Crippen MR) is 124 cm³/mol. The standard InChI is InChI=1S/C25H19ClN4O3/c1-25(2,3)24-28-21-19-17(13-8-10-14(26)11-9-13)18-20(33-22(19)27-12-30(21)29-24)15-6-4-5-7-16(15)32-23(18)31/h4-12,17H,1-3H3. The lowest BCUT2D eigenvalue weighted by atomic mass is 9.84. The third kappa shape index (κ3) is 3.03. The summed E-state index contributed by atoms with van der Waals surface area (Å²) in [6.45, 7) is 6.14. The van der Waals surface area contributed by atoms with Gasteiger partial charge in [-0.15, -0.1) is 5.10 Å². The minimum atomic E-state index is -0.518. The number of ether oxygens (including phenoxy) is 1. The zero-order chi connectivity index (χ0) is 22.9. The van der Waals surface area contributed by atoms with E-state index < -0.39 is 11.5 Å². The first-order valence-corrected chi connectivity index (χ1v) is 10.9. The molecule has 0 aliphatic carbocycles. The number of nitrogens with zero attached hydrogens (tertiary/aromatic N) is 4. The number of aromatic nitrogens is 4. The van der Waals surface area contributed by atoms with E-state index >= 15 is 0 Å². The Morgan fingerprint density at radius 2 is 1.79 bits per heavy atom. The Morgan fingerprint density at radius 1 is 1.03 bits per heavy atom. The lowest BCUT2D eigenvalue weighted by Gasteiger charge is -2.27. The molecule has 4 heterocycles. The molecule has 2 aromatic carbocycles. The van der Waals surface area contributed by atoms with Crippen LogP contribution < -0.4 is 10.4 Å². The van der Waals surface area contributed by atoms with E-state index in [-0.39, 0.29) is 5.41 Å². The highest BCUT2D eigenvalue weighted by Crippen LogP contribution is 2.48. The summed E-state index contributed by atoms with van der Waals surface area (Å²) in [5.41, 5.74) is 2.23. The lowest BCUT2D eigenvalue weighted by molar-refractivity contribution is 0.422. The van der Waals surface area contributed by atoms with Crippen molar-refractivity contribution in [2.75, 3.05) is 0 Å². The Morgan fingerprint density at radius 3 is 2.55 bits per heavy atom. The molecule has 0 bridgehead atoms. The van der Waals surface area contributed by atoms with Crippen molar-refractivity contribution in [3.8, 4) is 11.6 Å². The molecule has 0 saturated carbocycles. The topological polar surface area (TPSA) is 82.5 Å². The maximum absolute atomic E-state index is 13.3. The second kappa shape index (κ2) is 6.89. The molecule has 164 valence electrons. The first-order valence-electron chi connectivity index (χ1n) is 10.6. The van der Waals surface area contributed by atoms with Gasteiger partial charge in [0.25, 0.3) is 0 Å². The molecular formula is C25H19ClN4O3. The van der Waals surface area contributed by atoms with Gasteiger partial charge in [-0.05, 0) is 29.8 Å². The van der Waals surface area contributed by atoms with E-state index in [0.29, 0.717) is 50.2 Å². The van der Waals surface area contributed by atoms with Gasteiger partial charge in [0.1, 0.15) is 11.9 Å². The molecule has 1 atom stereocenters. The Labute approximate surface area is 193 Å². The summed E-state index contributed by atoms with van der Waals surface area (Å²) in [5, 5.41) is 5.93. The van der Waals surface area contributed by atoms with E-state index in [1.54, 1.807) is 29.0 Å². The highest BCUT2D eigenvalue weighted by molar-refractivity contribution is 6.30. The van der Waals surface area contributed by atoms with Crippen molar-refractivity contribution in [1.82, 2.24) is 19.6 Å². The Bertz CT molecular complexity index is 1610. The fourth-order valence-electron chi connectivity index (χ4n) is 4.24. The third-order valence-corrected chi connectivity index (χ3v) is 6.09. The molecule has 1 aliphatic heterocycles. The first kappa shape index (κ1) is 19.9. The van der Waals surface area contributed by atoms with Gasteiger partial charge in [0.15, 0.2) is 17.2 Å². The van der Waals surface area contributed by atoms with Crippen molar-refractivity contribution in [3.05, 3.63) is 92.8 Å². The van der Waals surface area contributed by atoms with E-state index in [0.717, 1.165) is 5.56 Å². The Kier molecular flexibility index (Phi) is 4.16. The number of hydrogen-bond acceptors (Lipinski definition) is 6. The number of hydrogen-bond donors (Lipinski definition) is 0. The van der Waals surface area contributed by atoms with Crippen molar-refractivity contribution < 1.29 is 9.15 Å². The smallest absolute Gasteiger partial charge is 0.344 e. The van der Waals surface area contributed by atoms with Crippen LogP contribution in [0.1, 0.15) is 49.2 Å². The van der Waals surface area contributed by atoms with Gasteiger partial charge < -0.3 is 9.15 Å². The van der Waals surface area contributed by atoms with Crippen LogP contribution in [0.15, 0.2) is 64.1 Å². The predicted octanol–water partition coefficient (Wildman–Crippen LogP) is 5.47. The van der Waals surface area contributed by atoms with Gasteiger partial charge in [0.2, 0.25) is 5.88 Å². The Balaban J connectivity index is 1.72. The summed E-state index contributed by atoms with van der Waals surface area (Å²) in [4.78, 5) is 22.7. The highest BCUT2D eigenvalue weighted by atomic mass is 35.5. The molecule has 0 amide bonds. The van der Waals surface area contributed by atoms with Gasteiger partial charge in [-0.1, -0.05) is 56.6 Å². The first-order chi connectivity index (χ1) is 15.8. The van der Waals surface area contributed by atoms with Crippen LogP contribution in [0.2, 0.25) is 5.02 Å². The lowest BCUT2D eigenvalue weighted by Crippen LogP contribution is -2.22. The van der Waals surface area contributed by atoms with Gasteiger partial charge in [-0.2, -0.15) is 0 Å². The van der Waals surface area contributed by atoms with Gasteiger partial charge >= 0.3 is 5.63 Å². The SMILES string of the molecule is CC(C)(C)c1nc2c3c(ncn2n1)Oc1c(c(=O)oc2ccccc12)C3c1ccc(Cl)cc1. The van der Waals surface area contributed by atoms with Gasteiger partial charge in [-0.25, -0.2) is 19.3 Å². The van der Waals surface area contributed by atoms with E-state index in [1.807, 2.05) is 51.1 Å². The second-order valence-corrected chi connectivity index (χ2v) is 9.57. The molecule has 6 rings (SSSR count). The average Bonchev–Trinajstić information content (AvgIpc) is 3.24. The van der Waals surface area contributed by atoms with Crippen LogP contribution in [0.3, 0.4) is 0 Å². The van der Waals surface area contributed by atoms with Crippen molar-refractivity contribution in [3.63, 3.8) is 0 Å². The van der Waals surface area contributed by atoms with E-state index in [2.05, 4.69) is 10.1 Å². The van der Waals surface area contributed by atoms with Crippen molar-refractivity contribution in [2.24, 2.45) is 0 Å². The highest BCUT2D eigenvalue weighted by Gasteiger charge is 2.38. The van der Waals surface area contributed by atoms with Crippen molar-refractivity contribution in [1.29, 1.82) is 0 Å². The van der Waals surface area contributed by atoms with Crippen LogP contribution in [0, 0.1) is 0 Å². The van der Waals surface area contributed by atoms with Crippen LogP contribution in [0.4, 0.5) is 0 Å². The summed E-state index contributed by atoms with van der Waals surface area (Å²) in [7, 11) is 0. The van der Waals surface area contributed by atoms with Crippen LogP contribution in [-0.4, -0.2) is 19.6 Å².